The van der Waals surface area contributed by atoms with Crippen LogP contribution in [-0.4, -0.2) is 18.1 Å². The molecule has 3 nitrogen and oxygen atoms in total. The molecule has 0 aliphatic heterocycles. The molecule has 0 bridgehead atoms. The lowest BCUT2D eigenvalue weighted by Gasteiger charge is -2.12. The number of aromatic nitrogens is 1. The normalized spacial score (nSPS) is 12.6. The molecule has 0 unspecified atom stereocenters. The summed E-state index contributed by atoms with van der Waals surface area (Å²) in [5.41, 5.74) is 5.51. The van der Waals surface area contributed by atoms with Gasteiger partial charge in [0, 0.05) is 26.1 Å². The molecule has 0 amide bonds. The third-order valence-corrected chi connectivity index (χ3v) is 6.18. The van der Waals surface area contributed by atoms with E-state index in [9.17, 15) is 4.79 Å². The number of hydrogen-bond donors (Lipinski definition) is 0. The van der Waals surface area contributed by atoms with Crippen LogP contribution in [-0.2, 0) is 28.8 Å². The zero-order valence-electron chi connectivity index (χ0n) is 15.6. The molecule has 3 aromatic rings. The second-order valence-electron chi connectivity index (χ2n) is 6.79. The predicted molar refractivity (Wildman–Crippen MR) is 113 cm³/mol. The van der Waals surface area contributed by atoms with Crippen LogP contribution in [0.4, 0.5) is 0 Å². The van der Waals surface area contributed by atoms with E-state index < -0.39 is 0 Å². The van der Waals surface area contributed by atoms with Crippen LogP contribution in [0.2, 0.25) is 5.02 Å². The predicted octanol–water partition coefficient (Wildman–Crippen LogP) is 5.76. The molecule has 1 aliphatic rings. The highest BCUT2D eigenvalue weighted by atomic mass is 35.5. The second-order valence-corrected chi connectivity index (χ2v) is 8.35. The maximum absolute atomic E-state index is 11.4. The highest BCUT2D eigenvalue weighted by Gasteiger charge is 2.19. The van der Waals surface area contributed by atoms with Crippen molar-refractivity contribution < 1.29 is 9.53 Å². The smallest absolute Gasteiger partial charge is 0.309 e. The Bertz CT molecular complexity index is 1020. The topological polar surface area (TPSA) is 39.2 Å². The molecule has 5 heteroatoms. The summed E-state index contributed by atoms with van der Waals surface area (Å²) in [5.74, 6) is -0.224. The van der Waals surface area contributed by atoms with Gasteiger partial charge in [-0.15, -0.1) is 0 Å². The average Bonchev–Trinajstić information content (AvgIpc) is 3.18. The van der Waals surface area contributed by atoms with Crippen molar-refractivity contribution in [3.05, 3.63) is 76.4 Å². The average molecular weight is 410 g/mol. The van der Waals surface area contributed by atoms with Crippen molar-refractivity contribution in [1.29, 1.82) is 0 Å². The number of ether oxygens (including phenoxy) is 1. The minimum atomic E-state index is -0.224. The van der Waals surface area contributed by atoms with Crippen molar-refractivity contribution in [1.82, 2.24) is 4.98 Å². The number of methoxy groups -OCH3 is 1. The minimum absolute atomic E-state index is 0.224. The molecule has 2 aromatic carbocycles. The van der Waals surface area contributed by atoms with Crippen molar-refractivity contribution in [3.63, 3.8) is 0 Å². The van der Waals surface area contributed by atoms with E-state index in [1.54, 1.807) is 11.8 Å². The molecule has 1 aliphatic carbocycles. The van der Waals surface area contributed by atoms with Gasteiger partial charge in [-0.1, -0.05) is 47.6 Å². The van der Waals surface area contributed by atoms with Crippen molar-refractivity contribution >= 4 is 29.3 Å². The lowest BCUT2D eigenvalue weighted by atomic mass is 10.1. The first-order chi connectivity index (χ1) is 13.6. The number of esters is 1. The van der Waals surface area contributed by atoms with E-state index in [0.29, 0.717) is 6.42 Å². The van der Waals surface area contributed by atoms with Gasteiger partial charge < -0.3 is 4.74 Å². The minimum Gasteiger partial charge on any atom is -0.469 e. The fourth-order valence-corrected chi connectivity index (χ4v) is 4.66. The molecule has 0 spiro atoms. The summed E-state index contributed by atoms with van der Waals surface area (Å²) < 4.78 is 4.73. The van der Waals surface area contributed by atoms with Crippen molar-refractivity contribution in [2.45, 2.75) is 35.5 Å². The summed E-state index contributed by atoms with van der Waals surface area (Å²) in [7, 11) is 1.41. The van der Waals surface area contributed by atoms with E-state index in [1.807, 2.05) is 36.4 Å². The van der Waals surface area contributed by atoms with E-state index in [-0.39, 0.29) is 5.97 Å². The summed E-state index contributed by atoms with van der Waals surface area (Å²) in [6, 6.07) is 18.1. The van der Waals surface area contributed by atoms with Crippen LogP contribution in [0, 0.1) is 0 Å². The third-order valence-electron chi connectivity index (χ3n) is 4.86. The van der Waals surface area contributed by atoms with E-state index in [4.69, 9.17) is 21.3 Å². The monoisotopic (exact) mass is 409 g/mol. The fraction of sp³-hybridized carbons (Fsp3) is 0.217. The van der Waals surface area contributed by atoms with E-state index in [0.717, 1.165) is 46.0 Å². The van der Waals surface area contributed by atoms with Crippen molar-refractivity contribution in [3.8, 4) is 11.3 Å². The maximum Gasteiger partial charge on any atom is 0.309 e. The van der Waals surface area contributed by atoms with Gasteiger partial charge in [0.05, 0.1) is 19.2 Å². The second kappa shape index (κ2) is 8.38. The molecule has 0 radical (unpaired) electrons. The number of benzene rings is 2. The molecular formula is C23H20ClNO2S. The van der Waals surface area contributed by atoms with Crippen molar-refractivity contribution in [2.24, 2.45) is 0 Å². The van der Waals surface area contributed by atoms with Crippen LogP contribution in [0.1, 0.15) is 23.2 Å². The Morgan fingerprint density at radius 1 is 1.14 bits per heavy atom. The Kier molecular flexibility index (Phi) is 5.69. The summed E-state index contributed by atoms with van der Waals surface area (Å²) in [5, 5.41) is 0.718. The van der Waals surface area contributed by atoms with Gasteiger partial charge in [0.1, 0.15) is 0 Å². The SMILES string of the molecule is COC(=O)Cc1ccc(Sc2cc(-c3cccc(Cl)c3)nc3c2CCC3)cc1. The van der Waals surface area contributed by atoms with Gasteiger partial charge in [0.15, 0.2) is 0 Å². The van der Waals surface area contributed by atoms with Gasteiger partial charge in [-0.3, -0.25) is 9.78 Å². The molecule has 142 valence electrons. The fourth-order valence-electron chi connectivity index (χ4n) is 3.43. The summed E-state index contributed by atoms with van der Waals surface area (Å²) in [6.45, 7) is 0. The zero-order chi connectivity index (χ0) is 19.5. The van der Waals surface area contributed by atoms with Crippen LogP contribution < -0.4 is 0 Å². The van der Waals surface area contributed by atoms with Gasteiger partial charge >= 0.3 is 5.97 Å². The van der Waals surface area contributed by atoms with Gasteiger partial charge in [-0.05, 0) is 60.7 Å². The Balaban J connectivity index is 1.63. The van der Waals surface area contributed by atoms with Crippen molar-refractivity contribution in [2.75, 3.05) is 7.11 Å². The molecular weight excluding hydrogens is 390 g/mol. The number of nitrogens with zero attached hydrogens (tertiary/aromatic N) is 1. The zero-order valence-corrected chi connectivity index (χ0v) is 17.1. The molecule has 0 saturated heterocycles. The lowest BCUT2D eigenvalue weighted by Crippen LogP contribution is -2.04. The highest BCUT2D eigenvalue weighted by molar-refractivity contribution is 7.99. The molecule has 0 N–H and O–H groups in total. The number of halogens is 1. The van der Waals surface area contributed by atoms with E-state index >= 15 is 0 Å². The highest BCUT2D eigenvalue weighted by Crippen LogP contribution is 2.38. The number of carbonyl (C=O) groups is 1. The molecule has 4 rings (SSSR count). The Morgan fingerprint density at radius 3 is 2.71 bits per heavy atom. The first kappa shape index (κ1) is 19.0. The van der Waals surface area contributed by atoms with Gasteiger partial charge in [-0.2, -0.15) is 0 Å². The van der Waals surface area contributed by atoms with Gasteiger partial charge in [0.2, 0.25) is 0 Å². The van der Waals surface area contributed by atoms with Gasteiger partial charge in [0.25, 0.3) is 0 Å². The molecule has 0 saturated carbocycles. The lowest BCUT2D eigenvalue weighted by molar-refractivity contribution is -0.139. The van der Waals surface area contributed by atoms with Gasteiger partial charge in [-0.25, -0.2) is 0 Å². The molecule has 0 atom stereocenters. The Morgan fingerprint density at radius 2 is 1.96 bits per heavy atom. The maximum atomic E-state index is 11.4. The number of rotatable bonds is 5. The summed E-state index contributed by atoms with van der Waals surface area (Å²) in [4.78, 5) is 18.7. The quantitative estimate of drug-likeness (QED) is 0.502. The number of carbonyl (C=O) groups excluding carboxylic acids is 1. The van der Waals surface area contributed by atoms with Crippen LogP contribution >= 0.6 is 23.4 Å². The summed E-state index contributed by atoms with van der Waals surface area (Å²) >= 11 is 7.93. The Labute approximate surface area is 174 Å². The third kappa shape index (κ3) is 4.23. The first-order valence-electron chi connectivity index (χ1n) is 9.25. The molecule has 1 aromatic heterocycles. The Hall–Kier alpha value is -2.30. The van der Waals surface area contributed by atoms with Crippen LogP contribution in [0.25, 0.3) is 11.3 Å². The number of hydrogen-bond acceptors (Lipinski definition) is 4. The van der Waals surface area contributed by atoms with E-state index in [1.165, 1.54) is 23.3 Å². The van der Waals surface area contributed by atoms with Crippen LogP contribution in [0.3, 0.4) is 0 Å². The van der Waals surface area contributed by atoms with E-state index in [2.05, 4.69) is 18.2 Å². The number of fused-ring (bicyclic) bond motifs is 1. The first-order valence-corrected chi connectivity index (χ1v) is 10.4. The standard InChI is InChI=1S/C23H20ClNO2S/c1-27-23(26)12-15-8-10-18(11-9-15)28-22-14-21(16-4-2-5-17(24)13-16)25-20-7-3-6-19(20)22/h2,4-5,8-11,13-14H,3,6-7,12H2,1H3. The molecule has 1 heterocycles. The molecule has 28 heavy (non-hydrogen) atoms. The van der Waals surface area contributed by atoms with Crippen LogP contribution in [0.5, 0.6) is 0 Å². The number of pyridine rings is 1. The van der Waals surface area contributed by atoms with Crippen LogP contribution in [0.15, 0.2) is 64.4 Å². The number of aryl methyl sites for hydroxylation is 1. The largest absolute Gasteiger partial charge is 0.469 e. The summed E-state index contributed by atoms with van der Waals surface area (Å²) in [6.07, 6.45) is 3.54. The molecule has 0 fully saturated rings.